The van der Waals surface area contributed by atoms with Crippen LogP contribution in [0.1, 0.15) is 34.9 Å². The summed E-state index contributed by atoms with van der Waals surface area (Å²) in [6.45, 7) is 0. The summed E-state index contributed by atoms with van der Waals surface area (Å²) in [4.78, 5) is 14.5. The van der Waals surface area contributed by atoms with Gasteiger partial charge in [-0.15, -0.1) is 13.2 Å². The smallest absolute Gasteiger partial charge is 0.405 e. The van der Waals surface area contributed by atoms with Crippen LogP contribution < -0.4 is 10.1 Å². The van der Waals surface area contributed by atoms with Gasteiger partial charge < -0.3 is 15.0 Å². The number of fused-ring (bicyclic) bond motifs is 1. The Kier molecular flexibility index (Phi) is 3.59. The molecular formula is C18H15F3N2O2. The van der Waals surface area contributed by atoms with Crippen LogP contribution in [-0.2, 0) is 0 Å². The molecule has 25 heavy (non-hydrogen) atoms. The minimum Gasteiger partial charge on any atom is -0.405 e. The summed E-state index contributed by atoms with van der Waals surface area (Å²) in [5, 5.41) is 3.20. The fraction of sp³-hybridized carbons (Fsp3) is 0.278. The first-order valence-corrected chi connectivity index (χ1v) is 7.97. The highest BCUT2D eigenvalue weighted by Gasteiger charge is 2.43. The van der Waals surface area contributed by atoms with Gasteiger partial charge in [0.15, 0.2) is 0 Å². The summed E-state index contributed by atoms with van der Waals surface area (Å²) in [5.74, 6) is -0.478. The third kappa shape index (κ3) is 3.01. The molecule has 2 aliphatic rings. The molecule has 0 saturated heterocycles. The summed E-state index contributed by atoms with van der Waals surface area (Å²) in [6.07, 6.45) is -3.81. The molecule has 4 rings (SSSR count). The van der Waals surface area contributed by atoms with Crippen molar-refractivity contribution in [1.29, 1.82) is 0 Å². The normalized spacial score (nSPS) is 20.0. The zero-order valence-corrected chi connectivity index (χ0v) is 13.1. The predicted octanol–water partition coefficient (Wildman–Crippen LogP) is 4.31. The lowest BCUT2D eigenvalue weighted by Gasteiger charge is -2.39. The van der Waals surface area contributed by atoms with Crippen molar-refractivity contribution < 1.29 is 22.7 Å². The molecule has 7 heteroatoms. The van der Waals surface area contributed by atoms with Gasteiger partial charge in [-0.2, -0.15) is 0 Å². The molecule has 0 aromatic heterocycles. The van der Waals surface area contributed by atoms with Gasteiger partial charge in [0.2, 0.25) is 0 Å². The zero-order chi connectivity index (χ0) is 17.6. The lowest BCUT2D eigenvalue weighted by molar-refractivity contribution is -0.275. The highest BCUT2D eigenvalue weighted by molar-refractivity contribution is 6.02. The van der Waals surface area contributed by atoms with Crippen LogP contribution in [0.2, 0.25) is 0 Å². The van der Waals surface area contributed by atoms with Gasteiger partial charge in [0, 0.05) is 17.3 Å². The van der Waals surface area contributed by atoms with E-state index in [1.807, 2.05) is 0 Å². The first-order chi connectivity index (χ1) is 11.9. The summed E-state index contributed by atoms with van der Waals surface area (Å²) < 4.78 is 42.4. The minimum atomic E-state index is -4.79. The number of nitrogens with zero attached hydrogens (tertiary/aromatic N) is 1. The number of alkyl halides is 3. The molecule has 0 bridgehead atoms. The van der Waals surface area contributed by atoms with Crippen LogP contribution in [0.5, 0.6) is 5.75 Å². The van der Waals surface area contributed by atoms with Gasteiger partial charge in [-0.05, 0) is 31.0 Å². The Morgan fingerprint density at radius 2 is 1.72 bits per heavy atom. The average molecular weight is 348 g/mol. The van der Waals surface area contributed by atoms with Crippen LogP contribution in [0.25, 0.3) is 0 Å². The van der Waals surface area contributed by atoms with Gasteiger partial charge in [-0.3, -0.25) is 4.79 Å². The summed E-state index contributed by atoms with van der Waals surface area (Å²) >= 11 is 0. The number of benzene rings is 2. The number of rotatable bonds is 3. The Morgan fingerprint density at radius 3 is 2.44 bits per heavy atom. The van der Waals surface area contributed by atoms with Gasteiger partial charge >= 0.3 is 6.36 Å². The van der Waals surface area contributed by atoms with Crippen molar-refractivity contribution >= 4 is 11.6 Å². The summed E-state index contributed by atoms with van der Waals surface area (Å²) in [5.41, 5.74) is 1.42. The molecule has 2 aromatic carbocycles. The highest BCUT2D eigenvalue weighted by atomic mass is 19.4. The zero-order valence-electron chi connectivity index (χ0n) is 13.1. The van der Waals surface area contributed by atoms with E-state index in [0.29, 0.717) is 11.3 Å². The van der Waals surface area contributed by atoms with Crippen LogP contribution in [0.3, 0.4) is 0 Å². The maximum absolute atomic E-state index is 12.9. The average Bonchev–Trinajstić information content (AvgIpc) is 3.38. The summed E-state index contributed by atoms with van der Waals surface area (Å²) in [7, 11) is 0. The van der Waals surface area contributed by atoms with E-state index in [9.17, 15) is 18.0 Å². The Labute approximate surface area is 142 Å². The number of carbonyl (C=O) groups is 1. The predicted molar refractivity (Wildman–Crippen MR) is 85.1 cm³/mol. The number of hydrogen-bond acceptors (Lipinski definition) is 3. The molecular weight excluding hydrogens is 333 g/mol. The molecule has 130 valence electrons. The van der Waals surface area contributed by atoms with E-state index < -0.39 is 12.5 Å². The number of carbonyl (C=O) groups excluding carboxylic acids is 1. The molecule has 1 amide bonds. The SMILES string of the molecule is O=C1c2ccccc2N[C@H](c2ccccc2OC(F)(F)F)N1C1CC1. The Morgan fingerprint density at radius 1 is 1.04 bits per heavy atom. The van der Waals surface area contributed by atoms with Crippen molar-refractivity contribution in [3.63, 3.8) is 0 Å². The van der Waals surface area contributed by atoms with Crippen LogP contribution in [0, 0.1) is 0 Å². The molecule has 1 N–H and O–H groups in total. The molecule has 1 aliphatic carbocycles. The number of anilines is 1. The van der Waals surface area contributed by atoms with Crippen LogP contribution in [0.4, 0.5) is 18.9 Å². The highest BCUT2D eigenvalue weighted by Crippen LogP contribution is 2.43. The van der Waals surface area contributed by atoms with E-state index in [1.54, 1.807) is 41.3 Å². The first kappa shape index (κ1) is 15.8. The van der Waals surface area contributed by atoms with E-state index in [2.05, 4.69) is 10.1 Å². The van der Waals surface area contributed by atoms with Crippen LogP contribution >= 0.6 is 0 Å². The third-order valence-corrected chi connectivity index (χ3v) is 4.34. The fourth-order valence-corrected chi connectivity index (χ4v) is 3.15. The molecule has 0 spiro atoms. The molecule has 1 atom stereocenters. The molecule has 1 saturated carbocycles. The van der Waals surface area contributed by atoms with E-state index in [-0.39, 0.29) is 23.3 Å². The monoisotopic (exact) mass is 348 g/mol. The van der Waals surface area contributed by atoms with Crippen molar-refractivity contribution in [2.45, 2.75) is 31.4 Å². The Balaban J connectivity index is 1.78. The minimum absolute atomic E-state index is 0.0253. The van der Waals surface area contributed by atoms with Crippen molar-refractivity contribution in [3.05, 3.63) is 59.7 Å². The van der Waals surface area contributed by atoms with Crippen molar-refractivity contribution in [2.75, 3.05) is 5.32 Å². The van der Waals surface area contributed by atoms with Crippen molar-refractivity contribution in [1.82, 2.24) is 4.90 Å². The quantitative estimate of drug-likeness (QED) is 0.898. The first-order valence-electron chi connectivity index (χ1n) is 7.97. The van der Waals surface area contributed by atoms with Gasteiger partial charge in [0.1, 0.15) is 11.9 Å². The van der Waals surface area contributed by atoms with Gasteiger partial charge in [0.05, 0.1) is 5.56 Å². The standard InChI is InChI=1S/C18H15F3N2O2/c19-18(20,21)25-15-8-4-2-6-13(15)16-22-14-7-3-1-5-12(14)17(24)23(16)11-9-10-11/h1-8,11,16,22H,9-10H2/t16-/m0/s1. The molecule has 0 radical (unpaired) electrons. The number of nitrogens with one attached hydrogen (secondary N) is 1. The number of ether oxygens (including phenoxy) is 1. The molecule has 1 fully saturated rings. The second-order valence-corrected chi connectivity index (χ2v) is 6.12. The van der Waals surface area contributed by atoms with Crippen molar-refractivity contribution in [3.8, 4) is 5.75 Å². The van der Waals surface area contributed by atoms with Crippen molar-refractivity contribution in [2.24, 2.45) is 0 Å². The number of hydrogen-bond donors (Lipinski definition) is 1. The topological polar surface area (TPSA) is 41.6 Å². The Hall–Kier alpha value is -2.70. The third-order valence-electron chi connectivity index (χ3n) is 4.34. The maximum atomic E-state index is 12.9. The molecule has 2 aromatic rings. The largest absolute Gasteiger partial charge is 0.573 e. The summed E-state index contributed by atoms with van der Waals surface area (Å²) in [6, 6.07) is 13.0. The van der Waals surface area contributed by atoms with Gasteiger partial charge in [0.25, 0.3) is 5.91 Å². The second kappa shape index (κ2) is 5.68. The van der Waals surface area contributed by atoms with E-state index >= 15 is 0 Å². The second-order valence-electron chi connectivity index (χ2n) is 6.12. The number of para-hydroxylation sites is 2. The molecule has 0 unspecified atom stereocenters. The maximum Gasteiger partial charge on any atom is 0.573 e. The number of halogens is 3. The molecule has 1 heterocycles. The number of amides is 1. The Bertz CT molecular complexity index is 818. The van der Waals surface area contributed by atoms with Gasteiger partial charge in [-0.1, -0.05) is 30.3 Å². The van der Waals surface area contributed by atoms with Gasteiger partial charge in [-0.25, -0.2) is 0 Å². The fourth-order valence-electron chi connectivity index (χ4n) is 3.15. The van der Waals surface area contributed by atoms with Crippen LogP contribution in [-0.4, -0.2) is 23.2 Å². The lowest BCUT2D eigenvalue weighted by atomic mass is 10.0. The van der Waals surface area contributed by atoms with E-state index in [4.69, 9.17) is 0 Å². The van der Waals surface area contributed by atoms with E-state index in [0.717, 1.165) is 12.8 Å². The molecule has 1 aliphatic heterocycles. The van der Waals surface area contributed by atoms with Crippen LogP contribution in [0.15, 0.2) is 48.5 Å². The molecule has 4 nitrogen and oxygen atoms in total. The van der Waals surface area contributed by atoms with E-state index in [1.165, 1.54) is 12.1 Å². The lowest BCUT2D eigenvalue weighted by Crippen LogP contribution is -2.44.